The van der Waals surface area contributed by atoms with Crippen LogP contribution >= 0.6 is 0 Å². The molecule has 1 fully saturated rings. The molecule has 0 aromatic carbocycles. The molecule has 0 unspecified atom stereocenters. The molecule has 0 spiro atoms. The molecule has 0 saturated carbocycles. The van der Waals surface area contributed by atoms with E-state index in [-0.39, 0.29) is 12.0 Å². The van der Waals surface area contributed by atoms with Crippen LogP contribution in [-0.2, 0) is 28.6 Å². The molecule has 0 aromatic heterocycles. The Hall–Kier alpha value is -2.67. The van der Waals surface area contributed by atoms with Gasteiger partial charge in [0.1, 0.15) is 18.3 Å². The average Bonchev–Trinajstić information content (AvgIpc) is 2.89. The monoisotopic (exact) mass is 404 g/mol. The Balaban J connectivity index is 2.51. The van der Waals surface area contributed by atoms with Crippen LogP contribution in [0.5, 0.6) is 0 Å². The van der Waals surface area contributed by atoms with Gasteiger partial charge in [0.2, 0.25) is 0 Å². The number of fused-ring (bicyclic) bond motifs is 1. The number of hydrogen-bond donors (Lipinski definition) is 1. The van der Waals surface area contributed by atoms with Crippen molar-refractivity contribution >= 4 is 17.9 Å². The Bertz CT molecular complexity index is 800. The zero-order valence-corrected chi connectivity index (χ0v) is 17.4. The molecule has 1 N–H and O–H groups in total. The molecule has 0 amide bonds. The number of allylic oxidation sites excluding steroid dienone is 1. The lowest BCUT2D eigenvalue weighted by molar-refractivity contribution is -0.150. The van der Waals surface area contributed by atoms with Crippen LogP contribution in [0.15, 0.2) is 47.6 Å². The minimum absolute atomic E-state index is 0.00272. The fraction of sp³-hybridized carbons (Fsp3) is 0.500. The fourth-order valence-electron chi connectivity index (χ4n) is 3.36. The van der Waals surface area contributed by atoms with Gasteiger partial charge in [0.05, 0.1) is 11.5 Å². The lowest BCUT2D eigenvalue weighted by Gasteiger charge is -2.32. The Labute approximate surface area is 170 Å². The van der Waals surface area contributed by atoms with Crippen molar-refractivity contribution in [1.82, 2.24) is 0 Å². The van der Waals surface area contributed by atoms with Gasteiger partial charge in [-0.25, -0.2) is 9.59 Å². The van der Waals surface area contributed by atoms with E-state index in [2.05, 4.69) is 6.58 Å². The minimum Gasteiger partial charge on any atom is -0.458 e. The van der Waals surface area contributed by atoms with Crippen LogP contribution in [0.1, 0.15) is 41.0 Å². The number of carbonyl (C=O) groups is 3. The quantitative estimate of drug-likeness (QED) is 0.334. The van der Waals surface area contributed by atoms with E-state index < -0.39 is 47.7 Å². The molecule has 0 radical (unpaired) electrons. The van der Waals surface area contributed by atoms with Crippen LogP contribution in [0.3, 0.4) is 0 Å². The van der Waals surface area contributed by atoms with Gasteiger partial charge >= 0.3 is 17.9 Å². The molecule has 7 nitrogen and oxygen atoms in total. The van der Waals surface area contributed by atoms with Gasteiger partial charge in [0, 0.05) is 24.5 Å². The summed E-state index contributed by atoms with van der Waals surface area (Å²) in [6.45, 7) is 11.7. The minimum atomic E-state index is -1.40. The molecule has 1 heterocycles. The van der Waals surface area contributed by atoms with Crippen molar-refractivity contribution in [2.45, 2.75) is 65.0 Å². The van der Waals surface area contributed by atoms with Crippen molar-refractivity contribution in [3.8, 4) is 0 Å². The second-order valence-corrected chi connectivity index (χ2v) is 7.70. The van der Waals surface area contributed by atoms with Crippen LogP contribution in [0.2, 0.25) is 0 Å². The predicted molar refractivity (Wildman–Crippen MR) is 106 cm³/mol. The molecule has 29 heavy (non-hydrogen) atoms. The third-order valence-corrected chi connectivity index (χ3v) is 5.09. The normalized spacial score (nSPS) is 35.7. The van der Waals surface area contributed by atoms with Crippen molar-refractivity contribution < 1.29 is 33.7 Å². The van der Waals surface area contributed by atoms with E-state index in [1.54, 1.807) is 45.9 Å². The van der Waals surface area contributed by atoms with E-state index in [0.717, 1.165) is 0 Å². The number of carbonyl (C=O) groups excluding carboxylic acids is 3. The van der Waals surface area contributed by atoms with E-state index in [0.29, 0.717) is 11.1 Å². The summed E-state index contributed by atoms with van der Waals surface area (Å²) in [7, 11) is 0. The van der Waals surface area contributed by atoms with Crippen LogP contribution < -0.4 is 0 Å². The number of hydrogen-bond acceptors (Lipinski definition) is 7. The maximum atomic E-state index is 12.4. The number of ether oxygens (including phenoxy) is 3. The second kappa shape index (κ2) is 8.78. The smallest absolute Gasteiger partial charge is 0.334 e. The summed E-state index contributed by atoms with van der Waals surface area (Å²) in [4.78, 5) is 36.1. The largest absolute Gasteiger partial charge is 0.458 e. The first-order valence-corrected chi connectivity index (χ1v) is 9.46. The Morgan fingerprint density at radius 1 is 1.34 bits per heavy atom. The van der Waals surface area contributed by atoms with Crippen molar-refractivity contribution in [3.05, 3.63) is 47.6 Å². The van der Waals surface area contributed by atoms with Gasteiger partial charge in [0.25, 0.3) is 0 Å². The molecular weight excluding hydrogens is 376 g/mol. The molecule has 7 heteroatoms. The summed E-state index contributed by atoms with van der Waals surface area (Å²) in [6.07, 6.45) is 4.02. The molecule has 1 aliphatic heterocycles. The van der Waals surface area contributed by atoms with Crippen LogP contribution in [0.25, 0.3) is 0 Å². The molecule has 0 aromatic rings. The van der Waals surface area contributed by atoms with Crippen LogP contribution in [0, 0.1) is 5.92 Å². The van der Waals surface area contributed by atoms with Gasteiger partial charge in [-0.2, -0.15) is 0 Å². The molecule has 2 aliphatic rings. The fourth-order valence-corrected chi connectivity index (χ4v) is 3.36. The summed E-state index contributed by atoms with van der Waals surface area (Å²) in [5.41, 5.74) is -0.214. The van der Waals surface area contributed by atoms with Gasteiger partial charge in [-0.3, -0.25) is 4.79 Å². The highest BCUT2D eigenvalue weighted by Crippen LogP contribution is 2.37. The third-order valence-electron chi connectivity index (χ3n) is 5.09. The molecule has 5 atom stereocenters. The highest BCUT2D eigenvalue weighted by molar-refractivity contribution is 5.92. The summed E-state index contributed by atoms with van der Waals surface area (Å²) in [5, 5.41) is 10.9. The topological polar surface area (TPSA) is 99.1 Å². The SMILES string of the molecule is C=C1C(=O)O[C@@H]2/C=C(/C)[C@H](OC(C)=O)/C=C/[C@](C)(O)C[C@@H](OC(=O)/C(C)=C\C)[C@H]12. The molecule has 0 bridgehead atoms. The molecule has 1 saturated heterocycles. The van der Waals surface area contributed by atoms with E-state index in [1.165, 1.54) is 13.0 Å². The summed E-state index contributed by atoms with van der Waals surface area (Å²) >= 11 is 0. The van der Waals surface area contributed by atoms with Crippen molar-refractivity contribution in [2.24, 2.45) is 5.92 Å². The van der Waals surface area contributed by atoms with Gasteiger partial charge in [-0.05, 0) is 45.4 Å². The molecule has 2 rings (SSSR count). The maximum Gasteiger partial charge on any atom is 0.334 e. The van der Waals surface area contributed by atoms with Gasteiger partial charge in [-0.15, -0.1) is 0 Å². The first-order chi connectivity index (χ1) is 13.4. The highest BCUT2D eigenvalue weighted by atomic mass is 16.6. The van der Waals surface area contributed by atoms with Crippen LogP contribution in [0.4, 0.5) is 0 Å². The summed E-state index contributed by atoms with van der Waals surface area (Å²) < 4.78 is 16.4. The second-order valence-electron chi connectivity index (χ2n) is 7.70. The number of esters is 3. The standard InChI is InChI=1S/C22H28O7/c1-7-12(2)20(24)29-18-11-22(6,26)9-8-16(27-15(5)23)13(3)10-17-19(18)14(4)21(25)28-17/h7-10,16-19,26H,4,11H2,1-3,5-6H3/b9-8+,12-7-,13-10-/t16-,17-,18-,19-,22+/m1/s1. The first-order valence-electron chi connectivity index (χ1n) is 9.46. The van der Waals surface area contributed by atoms with Gasteiger partial charge in [-0.1, -0.05) is 18.7 Å². The number of aliphatic hydroxyl groups is 1. The van der Waals surface area contributed by atoms with E-state index in [9.17, 15) is 19.5 Å². The lowest BCUT2D eigenvalue weighted by Crippen LogP contribution is -2.40. The van der Waals surface area contributed by atoms with Crippen LogP contribution in [-0.4, -0.2) is 46.9 Å². The van der Waals surface area contributed by atoms with Crippen molar-refractivity contribution in [2.75, 3.05) is 0 Å². The summed E-state index contributed by atoms with van der Waals surface area (Å²) in [6, 6.07) is 0. The maximum absolute atomic E-state index is 12.4. The third kappa shape index (κ3) is 5.44. The van der Waals surface area contributed by atoms with E-state index >= 15 is 0 Å². The predicted octanol–water partition coefficient (Wildman–Crippen LogP) is 2.55. The zero-order valence-electron chi connectivity index (χ0n) is 17.4. The van der Waals surface area contributed by atoms with E-state index in [4.69, 9.17) is 14.2 Å². The zero-order chi connectivity index (χ0) is 21.9. The Morgan fingerprint density at radius 3 is 2.59 bits per heavy atom. The Kier molecular flexibility index (Phi) is 6.85. The lowest BCUT2D eigenvalue weighted by atomic mass is 9.82. The first kappa shape index (κ1) is 22.6. The van der Waals surface area contributed by atoms with E-state index in [1.807, 2.05) is 0 Å². The van der Waals surface area contributed by atoms with Gasteiger partial charge in [0.15, 0.2) is 0 Å². The average molecular weight is 404 g/mol. The Morgan fingerprint density at radius 2 is 2.00 bits per heavy atom. The number of rotatable bonds is 3. The summed E-state index contributed by atoms with van der Waals surface area (Å²) in [5.74, 6) is -2.30. The van der Waals surface area contributed by atoms with Crippen molar-refractivity contribution in [3.63, 3.8) is 0 Å². The molecule has 158 valence electrons. The van der Waals surface area contributed by atoms with Crippen molar-refractivity contribution in [1.29, 1.82) is 0 Å². The molecular formula is C22H28O7. The van der Waals surface area contributed by atoms with Gasteiger partial charge < -0.3 is 19.3 Å². The highest BCUT2D eigenvalue weighted by Gasteiger charge is 2.46. The molecule has 1 aliphatic carbocycles.